The van der Waals surface area contributed by atoms with Crippen molar-refractivity contribution in [3.05, 3.63) is 34.8 Å². The number of nitrogens with zero attached hydrogens (tertiary/aromatic N) is 2. The summed E-state index contributed by atoms with van der Waals surface area (Å²) in [5, 5.41) is 0. The molecule has 23 heavy (non-hydrogen) atoms. The van der Waals surface area contributed by atoms with Crippen LogP contribution in [0.15, 0.2) is 33.5 Å². The van der Waals surface area contributed by atoms with Gasteiger partial charge in [0.25, 0.3) is 0 Å². The van der Waals surface area contributed by atoms with Gasteiger partial charge in [-0.25, -0.2) is 4.79 Å². The van der Waals surface area contributed by atoms with Crippen LogP contribution in [0.2, 0.25) is 0 Å². The van der Waals surface area contributed by atoms with Gasteiger partial charge in [0.2, 0.25) is 5.91 Å². The Morgan fingerprint density at radius 1 is 1.26 bits per heavy atom. The number of carbonyl (C=O) groups is 2. The molecular weight excluding hydrogens is 300 g/mol. The molecule has 0 saturated heterocycles. The number of benzene rings is 1. The van der Waals surface area contributed by atoms with Crippen molar-refractivity contribution in [2.24, 2.45) is 0 Å². The number of esters is 1. The third-order valence-electron chi connectivity index (χ3n) is 3.65. The van der Waals surface area contributed by atoms with E-state index in [1.54, 1.807) is 30.1 Å². The molecule has 7 nitrogen and oxygen atoms in total. The van der Waals surface area contributed by atoms with Crippen molar-refractivity contribution in [3.63, 3.8) is 0 Å². The molecule has 1 aromatic carbocycles. The smallest absolute Gasteiger partial charge is 0.419 e. The number of aromatic nitrogens is 1. The van der Waals surface area contributed by atoms with Gasteiger partial charge in [0.15, 0.2) is 5.58 Å². The fourth-order valence-electron chi connectivity index (χ4n) is 2.31. The van der Waals surface area contributed by atoms with Gasteiger partial charge in [-0.15, -0.1) is 0 Å². The molecule has 0 atom stereocenters. The molecule has 2 aromatic rings. The van der Waals surface area contributed by atoms with Crippen LogP contribution in [0.3, 0.4) is 0 Å². The van der Waals surface area contributed by atoms with E-state index in [2.05, 4.69) is 4.74 Å². The third kappa shape index (κ3) is 4.21. The lowest BCUT2D eigenvalue weighted by atomic mass is 10.2. The Morgan fingerprint density at radius 2 is 2.00 bits per heavy atom. The zero-order chi connectivity index (χ0) is 16.8. The van der Waals surface area contributed by atoms with Crippen LogP contribution in [0.5, 0.6) is 0 Å². The van der Waals surface area contributed by atoms with E-state index in [9.17, 15) is 14.4 Å². The lowest BCUT2D eigenvalue weighted by Gasteiger charge is -2.16. The largest absolute Gasteiger partial charge is 0.469 e. The second kappa shape index (κ2) is 7.62. The van der Waals surface area contributed by atoms with E-state index >= 15 is 0 Å². The van der Waals surface area contributed by atoms with Crippen molar-refractivity contribution in [1.29, 1.82) is 0 Å². The minimum absolute atomic E-state index is 0.0907. The van der Waals surface area contributed by atoms with Gasteiger partial charge in [0.05, 0.1) is 12.6 Å². The predicted molar refractivity (Wildman–Crippen MR) is 84.0 cm³/mol. The monoisotopic (exact) mass is 320 g/mol. The molecular formula is C16H20N2O5. The van der Waals surface area contributed by atoms with Crippen molar-refractivity contribution in [2.45, 2.75) is 25.8 Å². The number of amides is 1. The highest BCUT2D eigenvalue weighted by Crippen LogP contribution is 2.12. The maximum atomic E-state index is 12.1. The summed E-state index contributed by atoms with van der Waals surface area (Å²) in [5.41, 5.74) is 1.19. The number of hydrogen-bond donors (Lipinski definition) is 0. The Hall–Kier alpha value is -2.57. The minimum Gasteiger partial charge on any atom is -0.469 e. The molecule has 0 aliphatic heterocycles. The minimum atomic E-state index is -0.465. The fourth-order valence-corrected chi connectivity index (χ4v) is 2.31. The van der Waals surface area contributed by atoms with E-state index in [-0.39, 0.29) is 31.3 Å². The van der Waals surface area contributed by atoms with E-state index in [0.29, 0.717) is 24.1 Å². The highest BCUT2D eigenvalue weighted by Gasteiger charge is 2.13. The van der Waals surface area contributed by atoms with Crippen LogP contribution in [0.4, 0.5) is 0 Å². The van der Waals surface area contributed by atoms with Gasteiger partial charge < -0.3 is 14.1 Å². The molecule has 1 amide bonds. The highest BCUT2D eigenvalue weighted by molar-refractivity contribution is 5.77. The van der Waals surface area contributed by atoms with Crippen molar-refractivity contribution in [2.75, 3.05) is 20.7 Å². The number of para-hydroxylation sites is 2. The zero-order valence-electron chi connectivity index (χ0n) is 13.3. The number of fused-ring (bicyclic) bond motifs is 1. The summed E-state index contributed by atoms with van der Waals surface area (Å²) >= 11 is 0. The quantitative estimate of drug-likeness (QED) is 0.720. The van der Waals surface area contributed by atoms with Gasteiger partial charge in [0, 0.05) is 33.0 Å². The molecule has 0 bridgehead atoms. The number of methoxy groups -OCH3 is 1. The van der Waals surface area contributed by atoms with Crippen LogP contribution in [0.1, 0.15) is 19.3 Å². The van der Waals surface area contributed by atoms with Crippen molar-refractivity contribution in [1.82, 2.24) is 9.47 Å². The summed E-state index contributed by atoms with van der Waals surface area (Å²) in [6.45, 7) is 0.727. The second-order valence-corrected chi connectivity index (χ2v) is 5.23. The fraction of sp³-hybridized carbons (Fsp3) is 0.438. The van der Waals surface area contributed by atoms with Crippen molar-refractivity contribution in [3.8, 4) is 0 Å². The Labute approximate surface area is 133 Å². The maximum absolute atomic E-state index is 12.1. The van der Waals surface area contributed by atoms with Gasteiger partial charge in [-0.2, -0.15) is 0 Å². The van der Waals surface area contributed by atoms with Crippen LogP contribution in [-0.4, -0.2) is 42.0 Å². The van der Waals surface area contributed by atoms with Gasteiger partial charge in [0.1, 0.15) is 0 Å². The second-order valence-electron chi connectivity index (χ2n) is 5.23. The Kier molecular flexibility index (Phi) is 5.56. The Balaban J connectivity index is 1.89. The van der Waals surface area contributed by atoms with Gasteiger partial charge in [-0.05, 0) is 18.6 Å². The van der Waals surface area contributed by atoms with E-state index in [0.717, 1.165) is 0 Å². The maximum Gasteiger partial charge on any atom is 0.419 e. The first-order chi connectivity index (χ1) is 11.0. The van der Waals surface area contributed by atoms with E-state index in [1.807, 2.05) is 6.07 Å². The standard InChI is InChI=1S/C16H20N2O5/c1-17(10-5-8-15(20)22-2)14(19)9-11-18-12-6-3-4-7-13(12)23-16(18)21/h3-4,6-7H,5,8-11H2,1-2H3. The molecule has 0 fully saturated rings. The van der Waals surface area contributed by atoms with Crippen LogP contribution in [-0.2, 0) is 20.9 Å². The van der Waals surface area contributed by atoms with Crippen LogP contribution >= 0.6 is 0 Å². The lowest BCUT2D eigenvalue weighted by molar-refractivity contribution is -0.141. The topological polar surface area (TPSA) is 81.8 Å². The molecule has 0 spiro atoms. The number of aryl methyl sites for hydroxylation is 1. The van der Waals surface area contributed by atoms with Crippen LogP contribution in [0, 0.1) is 0 Å². The normalized spacial score (nSPS) is 10.7. The average molecular weight is 320 g/mol. The first-order valence-electron chi connectivity index (χ1n) is 7.42. The summed E-state index contributed by atoms with van der Waals surface area (Å²) in [5.74, 6) is -0.846. The molecule has 0 N–H and O–H groups in total. The Bertz CT molecular complexity index is 746. The van der Waals surface area contributed by atoms with Crippen LogP contribution < -0.4 is 5.76 Å². The van der Waals surface area contributed by atoms with Gasteiger partial charge in [-0.3, -0.25) is 14.2 Å². The van der Waals surface area contributed by atoms with E-state index < -0.39 is 5.76 Å². The summed E-state index contributed by atoms with van der Waals surface area (Å²) in [7, 11) is 3.01. The molecule has 0 unspecified atom stereocenters. The summed E-state index contributed by atoms with van der Waals surface area (Å²) in [6.07, 6.45) is 1.02. The van der Waals surface area contributed by atoms with Gasteiger partial charge in [-0.1, -0.05) is 12.1 Å². The molecule has 124 valence electrons. The molecule has 0 aliphatic rings. The first kappa shape index (κ1) is 16.8. The SMILES string of the molecule is COC(=O)CCCN(C)C(=O)CCn1c(=O)oc2ccccc21. The molecule has 2 rings (SSSR count). The number of rotatable bonds is 7. The first-order valence-corrected chi connectivity index (χ1v) is 7.42. The summed E-state index contributed by atoms with van der Waals surface area (Å²) < 4.78 is 11.1. The summed E-state index contributed by atoms with van der Waals surface area (Å²) in [6, 6.07) is 7.10. The number of ether oxygens (including phenoxy) is 1. The summed E-state index contributed by atoms with van der Waals surface area (Å²) in [4.78, 5) is 36.5. The highest BCUT2D eigenvalue weighted by atomic mass is 16.5. The average Bonchev–Trinajstić information content (AvgIpc) is 2.87. The number of carbonyl (C=O) groups excluding carboxylic acids is 2. The molecule has 1 heterocycles. The lowest BCUT2D eigenvalue weighted by Crippen LogP contribution is -2.29. The zero-order valence-corrected chi connectivity index (χ0v) is 13.3. The predicted octanol–water partition coefficient (Wildman–Crippen LogP) is 1.40. The molecule has 0 radical (unpaired) electrons. The Morgan fingerprint density at radius 3 is 2.74 bits per heavy atom. The van der Waals surface area contributed by atoms with Crippen LogP contribution in [0.25, 0.3) is 11.1 Å². The van der Waals surface area contributed by atoms with E-state index in [1.165, 1.54) is 11.7 Å². The molecule has 1 aromatic heterocycles. The van der Waals surface area contributed by atoms with E-state index in [4.69, 9.17) is 4.42 Å². The third-order valence-corrected chi connectivity index (χ3v) is 3.65. The number of oxazole rings is 1. The van der Waals surface area contributed by atoms with Gasteiger partial charge >= 0.3 is 11.7 Å². The van der Waals surface area contributed by atoms with Crippen molar-refractivity contribution < 1.29 is 18.7 Å². The molecule has 0 saturated carbocycles. The molecule has 0 aliphatic carbocycles. The number of hydrogen-bond acceptors (Lipinski definition) is 5. The molecule has 7 heteroatoms. The van der Waals surface area contributed by atoms with Crippen molar-refractivity contribution >= 4 is 23.0 Å².